The number of rotatable bonds is 10. The smallest absolute Gasteiger partial charge is 0.150 e. The van der Waals surface area contributed by atoms with E-state index in [1.807, 2.05) is 0 Å². The molecule has 0 heterocycles. The summed E-state index contributed by atoms with van der Waals surface area (Å²) >= 11 is 0. The molecule has 0 rings (SSSR count). The number of nitrogens with one attached hydrogen (secondary N) is 1. The van der Waals surface area contributed by atoms with Gasteiger partial charge in [-0.3, -0.25) is 0 Å². The lowest BCUT2D eigenvalue weighted by Crippen LogP contribution is -2.27. The Labute approximate surface area is 107 Å². The van der Waals surface area contributed by atoms with E-state index in [0.717, 1.165) is 32.4 Å². The first-order chi connectivity index (χ1) is 7.93. The molecule has 0 saturated heterocycles. The van der Waals surface area contributed by atoms with Gasteiger partial charge in [0.15, 0.2) is 0 Å². The summed E-state index contributed by atoms with van der Waals surface area (Å²) in [6, 6.07) is 0. The minimum absolute atomic E-state index is 0.271. The summed E-state index contributed by atoms with van der Waals surface area (Å²) in [4.78, 5) is 0. The summed E-state index contributed by atoms with van der Waals surface area (Å²) in [6.45, 7) is 10.4. The van der Waals surface area contributed by atoms with Crippen molar-refractivity contribution < 1.29 is 8.42 Å². The molecule has 0 radical (unpaired) electrons. The third-order valence-electron chi connectivity index (χ3n) is 3.25. The van der Waals surface area contributed by atoms with Crippen molar-refractivity contribution in [2.24, 2.45) is 11.8 Å². The lowest BCUT2D eigenvalue weighted by Gasteiger charge is -2.21. The second kappa shape index (κ2) is 8.92. The molecule has 3 nitrogen and oxygen atoms in total. The van der Waals surface area contributed by atoms with Gasteiger partial charge < -0.3 is 5.32 Å². The van der Waals surface area contributed by atoms with E-state index in [2.05, 4.69) is 26.1 Å². The zero-order valence-electron chi connectivity index (χ0n) is 11.8. The van der Waals surface area contributed by atoms with Crippen molar-refractivity contribution in [3.8, 4) is 0 Å². The minimum atomic E-state index is -2.79. The van der Waals surface area contributed by atoms with Crippen molar-refractivity contribution in [1.29, 1.82) is 0 Å². The fourth-order valence-electron chi connectivity index (χ4n) is 1.85. The van der Waals surface area contributed by atoms with Gasteiger partial charge in [-0.1, -0.05) is 27.7 Å². The van der Waals surface area contributed by atoms with E-state index < -0.39 is 9.84 Å². The zero-order chi connectivity index (χ0) is 13.3. The van der Waals surface area contributed by atoms with Crippen molar-refractivity contribution in [1.82, 2.24) is 5.32 Å². The summed E-state index contributed by atoms with van der Waals surface area (Å²) < 4.78 is 22.8. The Morgan fingerprint density at radius 1 is 1.18 bits per heavy atom. The lowest BCUT2D eigenvalue weighted by atomic mass is 9.91. The Bertz CT molecular complexity index is 273. The van der Waals surface area contributed by atoms with Crippen LogP contribution in [0.2, 0.25) is 0 Å². The van der Waals surface area contributed by atoms with E-state index in [9.17, 15) is 8.42 Å². The summed E-state index contributed by atoms with van der Waals surface area (Å²) in [6.07, 6.45) is 2.95. The largest absolute Gasteiger partial charge is 0.316 e. The van der Waals surface area contributed by atoms with Crippen LogP contribution >= 0.6 is 0 Å². The molecule has 0 aliphatic rings. The van der Waals surface area contributed by atoms with Crippen LogP contribution in [-0.4, -0.2) is 33.0 Å². The van der Waals surface area contributed by atoms with Crippen LogP contribution in [0, 0.1) is 11.8 Å². The molecule has 0 aliphatic carbocycles. The predicted molar refractivity (Wildman–Crippen MR) is 75.1 cm³/mol. The molecule has 1 atom stereocenters. The van der Waals surface area contributed by atoms with E-state index in [0.29, 0.717) is 17.6 Å². The molecule has 4 heteroatoms. The van der Waals surface area contributed by atoms with E-state index >= 15 is 0 Å². The molecule has 0 aliphatic heterocycles. The van der Waals surface area contributed by atoms with Crippen LogP contribution in [0.15, 0.2) is 0 Å². The maximum absolute atomic E-state index is 11.4. The monoisotopic (exact) mass is 263 g/mol. The molecule has 17 heavy (non-hydrogen) atoms. The maximum Gasteiger partial charge on any atom is 0.150 e. The average molecular weight is 263 g/mol. The van der Waals surface area contributed by atoms with Gasteiger partial charge in [-0.25, -0.2) is 8.42 Å². The van der Waals surface area contributed by atoms with Gasteiger partial charge in [0, 0.05) is 5.75 Å². The van der Waals surface area contributed by atoms with Gasteiger partial charge in [0.1, 0.15) is 9.84 Å². The average Bonchev–Trinajstić information content (AvgIpc) is 2.27. The van der Waals surface area contributed by atoms with Crippen LogP contribution in [-0.2, 0) is 9.84 Å². The first kappa shape index (κ1) is 16.9. The Balaban J connectivity index is 3.93. The van der Waals surface area contributed by atoms with Gasteiger partial charge in [0.2, 0.25) is 0 Å². The molecule has 0 spiro atoms. The minimum Gasteiger partial charge on any atom is -0.316 e. The van der Waals surface area contributed by atoms with Crippen molar-refractivity contribution in [2.45, 2.75) is 47.0 Å². The molecular weight excluding hydrogens is 234 g/mol. The molecule has 0 aromatic heterocycles. The molecule has 0 amide bonds. The summed E-state index contributed by atoms with van der Waals surface area (Å²) in [7, 11) is -2.79. The van der Waals surface area contributed by atoms with Crippen LogP contribution < -0.4 is 5.32 Å². The van der Waals surface area contributed by atoms with Crippen LogP contribution in [0.1, 0.15) is 47.0 Å². The van der Waals surface area contributed by atoms with E-state index in [1.54, 1.807) is 6.92 Å². The van der Waals surface area contributed by atoms with Gasteiger partial charge in [-0.05, 0) is 44.2 Å². The number of sulfone groups is 1. The Kier molecular flexibility index (Phi) is 8.88. The highest BCUT2D eigenvalue weighted by Crippen LogP contribution is 2.17. The molecule has 0 saturated carbocycles. The standard InChI is InChI=1S/C13H29NO2S/c1-5-9-14-11-13(12(3)4)8-7-10-17(15,16)6-2/h12-14H,5-11H2,1-4H3. The first-order valence-corrected chi connectivity index (χ1v) is 8.66. The van der Waals surface area contributed by atoms with E-state index in [4.69, 9.17) is 0 Å². The summed E-state index contributed by atoms with van der Waals surface area (Å²) in [5.74, 6) is 1.82. The highest BCUT2D eigenvalue weighted by Gasteiger charge is 2.14. The van der Waals surface area contributed by atoms with Gasteiger partial charge in [-0.15, -0.1) is 0 Å². The molecule has 104 valence electrons. The van der Waals surface area contributed by atoms with Crippen molar-refractivity contribution >= 4 is 9.84 Å². The molecule has 1 N–H and O–H groups in total. The quantitative estimate of drug-likeness (QED) is 0.616. The predicted octanol–water partition coefficient (Wildman–Crippen LogP) is 2.47. The van der Waals surface area contributed by atoms with Crippen LogP contribution in [0.5, 0.6) is 0 Å². The third kappa shape index (κ3) is 8.61. The summed E-state index contributed by atoms with van der Waals surface area (Å²) in [5, 5.41) is 3.43. The molecular formula is C13H29NO2S. The Morgan fingerprint density at radius 2 is 1.82 bits per heavy atom. The van der Waals surface area contributed by atoms with Gasteiger partial charge in [-0.2, -0.15) is 0 Å². The second-order valence-electron chi connectivity index (χ2n) is 5.09. The fourth-order valence-corrected chi connectivity index (χ4v) is 2.74. The normalized spacial score (nSPS) is 14.2. The van der Waals surface area contributed by atoms with Gasteiger partial charge in [0.25, 0.3) is 0 Å². The number of hydrogen-bond donors (Lipinski definition) is 1. The van der Waals surface area contributed by atoms with Crippen LogP contribution in [0.3, 0.4) is 0 Å². The lowest BCUT2D eigenvalue weighted by molar-refractivity contribution is 0.338. The fraction of sp³-hybridized carbons (Fsp3) is 1.00. The molecule has 0 bridgehead atoms. The Hall–Kier alpha value is -0.0900. The molecule has 1 unspecified atom stereocenters. The van der Waals surface area contributed by atoms with Gasteiger partial charge >= 0.3 is 0 Å². The number of hydrogen-bond acceptors (Lipinski definition) is 3. The SMILES string of the molecule is CCCNCC(CCCS(=O)(=O)CC)C(C)C. The van der Waals surface area contributed by atoms with E-state index in [1.165, 1.54) is 0 Å². The first-order valence-electron chi connectivity index (χ1n) is 6.84. The second-order valence-corrected chi connectivity index (χ2v) is 7.56. The zero-order valence-corrected chi connectivity index (χ0v) is 12.6. The Morgan fingerprint density at radius 3 is 2.29 bits per heavy atom. The summed E-state index contributed by atoms with van der Waals surface area (Å²) in [5.41, 5.74) is 0. The molecule has 0 aromatic carbocycles. The van der Waals surface area contributed by atoms with Crippen molar-refractivity contribution in [3.05, 3.63) is 0 Å². The highest BCUT2D eigenvalue weighted by atomic mass is 32.2. The third-order valence-corrected chi connectivity index (χ3v) is 5.04. The van der Waals surface area contributed by atoms with Gasteiger partial charge in [0.05, 0.1) is 5.75 Å². The molecule has 0 aromatic rings. The maximum atomic E-state index is 11.4. The highest BCUT2D eigenvalue weighted by molar-refractivity contribution is 7.91. The van der Waals surface area contributed by atoms with Crippen molar-refractivity contribution in [3.63, 3.8) is 0 Å². The topological polar surface area (TPSA) is 46.2 Å². The van der Waals surface area contributed by atoms with E-state index in [-0.39, 0.29) is 5.75 Å². The van der Waals surface area contributed by atoms with Crippen LogP contribution in [0.25, 0.3) is 0 Å². The molecule has 0 fully saturated rings. The van der Waals surface area contributed by atoms with Crippen LogP contribution in [0.4, 0.5) is 0 Å². The van der Waals surface area contributed by atoms with Crippen molar-refractivity contribution in [2.75, 3.05) is 24.6 Å².